The lowest BCUT2D eigenvalue weighted by Crippen LogP contribution is -3.00. The predicted octanol–water partition coefficient (Wildman–Crippen LogP) is -7.43. The Morgan fingerprint density at radius 3 is 1.36 bits per heavy atom. The van der Waals surface area contributed by atoms with Crippen LogP contribution in [0.3, 0.4) is 0 Å². The van der Waals surface area contributed by atoms with Crippen LogP contribution >= 0.6 is 0 Å². The van der Waals surface area contributed by atoms with Gasteiger partial charge in [-0.25, -0.2) is 19.6 Å². The minimum absolute atomic E-state index is 0. The largest absolute Gasteiger partial charge is 1.00 e. The zero-order chi connectivity index (χ0) is 16.5. The van der Waals surface area contributed by atoms with Crippen LogP contribution in [0.1, 0.15) is 32.1 Å². The van der Waals surface area contributed by atoms with Crippen molar-refractivity contribution < 1.29 is 70.3 Å². The van der Waals surface area contributed by atoms with Crippen LogP contribution < -0.4 is 34.8 Å². The lowest BCUT2D eigenvalue weighted by Gasteiger charge is -1.90. The molecule has 0 saturated carbocycles. The Hall–Kier alpha value is -2.30. The van der Waals surface area contributed by atoms with E-state index in [9.17, 15) is 9.59 Å². The molecule has 2 rings (SSSR count). The fourth-order valence-electron chi connectivity index (χ4n) is 1.47. The third kappa shape index (κ3) is 9.55. The van der Waals surface area contributed by atoms with E-state index in [-0.39, 0.29) is 54.9 Å². The van der Waals surface area contributed by atoms with Gasteiger partial charge in [0.1, 0.15) is 0 Å². The number of nitrogens with one attached hydrogen (secondary N) is 2. The van der Waals surface area contributed by atoms with Crippen molar-refractivity contribution in [3.63, 3.8) is 0 Å². The molecule has 0 bridgehead atoms. The molecule has 11 heteroatoms. The summed E-state index contributed by atoms with van der Waals surface area (Å²) in [7, 11) is 0. The number of rotatable bonds is 4. The van der Waals surface area contributed by atoms with Crippen LogP contribution in [0, 0.1) is 0 Å². The number of aromatic nitrogens is 2. The maximum Gasteiger partial charge on any atom is 0.401 e. The molecule has 2 aromatic rings. The van der Waals surface area contributed by atoms with Gasteiger partial charge in [0, 0.05) is 24.3 Å². The second kappa shape index (κ2) is 14.1. The van der Waals surface area contributed by atoms with Crippen LogP contribution in [0.25, 0.3) is 0 Å². The van der Waals surface area contributed by atoms with E-state index in [4.69, 9.17) is 20.4 Å². The molecule has 0 radical (unpaired) electrons. The van der Waals surface area contributed by atoms with Gasteiger partial charge in [0.15, 0.2) is 12.4 Å². The first-order chi connectivity index (χ1) is 10.5. The molecule has 0 aliphatic heterocycles. The van der Waals surface area contributed by atoms with Crippen LogP contribution in [-0.4, -0.2) is 37.8 Å². The summed E-state index contributed by atoms with van der Waals surface area (Å²) in [5.41, 5.74) is 1.33. The molecule has 2 aromatic heterocycles. The zero-order valence-electron chi connectivity index (χ0n) is 12.7. The van der Waals surface area contributed by atoms with Crippen molar-refractivity contribution in [1.82, 2.24) is 0 Å². The molecular weight excluding hydrogens is 379 g/mol. The molecule has 0 atom stereocenters. The van der Waals surface area contributed by atoms with Gasteiger partial charge in [0.25, 0.3) is 11.4 Å². The quantitative estimate of drug-likeness (QED) is 0.399. The number of H-pyrrole nitrogens is 2. The van der Waals surface area contributed by atoms with Crippen molar-refractivity contribution in [3.8, 4) is 0 Å². The van der Waals surface area contributed by atoms with Crippen molar-refractivity contribution in [1.29, 1.82) is 0 Å². The van der Waals surface area contributed by atoms with Gasteiger partial charge in [-0.3, -0.25) is 0 Å². The summed E-state index contributed by atoms with van der Waals surface area (Å²) in [6.45, 7) is -0.288. The van der Waals surface area contributed by atoms with E-state index in [0.717, 1.165) is 0 Å². The summed E-state index contributed by atoms with van der Waals surface area (Å²) in [6.07, 6.45) is 2.96. The van der Waals surface area contributed by atoms with Crippen LogP contribution in [0.5, 0.6) is 0 Å². The van der Waals surface area contributed by atoms with E-state index in [1.54, 1.807) is 12.1 Å². The molecule has 0 aliphatic rings. The van der Waals surface area contributed by atoms with Crippen LogP contribution in [0.4, 0.5) is 0 Å². The number of aliphatic hydroxyl groups excluding tert-OH is 2. The number of aliphatic hydroxyl groups is 2. The highest BCUT2D eigenvalue weighted by Crippen LogP contribution is 1.98. The minimum Gasteiger partial charge on any atom is -1.00 e. The number of hydrogen-bond acceptors (Lipinski definition) is 4. The van der Waals surface area contributed by atoms with E-state index in [1.807, 2.05) is 0 Å². The Morgan fingerprint density at radius 1 is 0.800 bits per heavy atom. The molecule has 8 N–H and O–H groups in total. The number of aromatic amines is 2. The van der Waals surface area contributed by atoms with Crippen molar-refractivity contribution >= 4 is 11.9 Å². The third-order valence-electron chi connectivity index (χ3n) is 2.56. The Balaban J connectivity index is -0.000000346. The van der Waals surface area contributed by atoms with E-state index in [1.165, 1.54) is 24.5 Å². The van der Waals surface area contributed by atoms with Gasteiger partial charge in [-0.2, -0.15) is 0 Å². The molecule has 0 fully saturated rings. The summed E-state index contributed by atoms with van der Waals surface area (Å²) >= 11 is 0. The van der Waals surface area contributed by atoms with Gasteiger partial charge in [0.2, 0.25) is 0 Å². The van der Waals surface area contributed by atoms with E-state index in [0.29, 0.717) is 11.1 Å². The first-order valence-electron chi connectivity index (χ1n) is 6.17. The highest BCUT2D eigenvalue weighted by atomic mass is 35.5. The number of carboxylic acid groups (broad SMARTS) is 2. The Labute approximate surface area is 155 Å². The lowest BCUT2D eigenvalue weighted by atomic mass is 10.2. The molecule has 0 aliphatic carbocycles. The molecular formula is C14H18Cl2N2O7. The van der Waals surface area contributed by atoms with Gasteiger partial charge in [0.05, 0.1) is 13.2 Å². The normalized spacial score (nSPS) is 8.40. The highest BCUT2D eigenvalue weighted by Gasteiger charge is 2.10. The van der Waals surface area contributed by atoms with E-state index >= 15 is 0 Å². The lowest BCUT2D eigenvalue weighted by molar-refractivity contribution is -0.383. The van der Waals surface area contributed by atoms with Crippen molar-refractivity contribution in [2.45, 2.75) is 13.2 Å². The van der Waals surface area contributed by atoms with Crippen LogP contribution in [0.2, 0.25) is 0 Å². The second-order valence-electron chi connectivity index (χ2n) is 4.15. The van der Waals surface area contributed by atoms with E-state index < -0.39 is 11.9 Å². The minimum atomic E-state index is -1.03. The average Bonchev–Trinajstić information content (AvgIpc) is 2.55. The van der Waals surface area contributed by atoms with Gasteiger partial charge >= 0.3 is 11.9 Å². The predicted molar refractivity (Wildman–Crippen MR) is 75.4 cm³/mol. The summed E-state index contributed by atoms with van der Waals surface area (Å²) in [5, 5.41) is 34.3. The average molecular weight is 397 g/mol. The van der Waals surface area contributed by atoms with Crippen molar-refractivity contribution in [2.75, 3.05) is 0 Å². The van der Waals surface area contributed by atoms with Gasteiger partial charge < -0.3 is 50.7 Å². The molecule has 9 nitrogen and oxygen atoms in total. The maximum atomic E-state index is 10.4. The first-order valence-corrected chi connectivity index (χ1v) is 6.17. The summed E-state index contributed by atoms with van der Waals surface area (Å²) < 4.78 is 0. The smallest absolute Gasteiger partial charge is 0.401 e. The summed E-state index contributed by atoms with van der Waals surface area (Å²) in [6, 6.07) is 6.02. The Kier molecular flexibility index (Phi) is 15.5. The summed E-state index contributed by atoms with van der Waals surface area (Å²) in [4.78, 5) is 25.8. The zero-order valence-corrected chi connectivity index (χ0v) is 14.3. The number of carboxylic acids is 2. The van der Waals surface area contributed by atoms with Crippen molar-refractivity contribution in [3.05, 3.63) is 59.2 Å². The fraction of sp³-hybridized carbons (Fsp3) is 0.143. The standard InChI is InChI=1S/2C7H7NO3.2ClH.H2O/c2*9-4-5-1-2-8-6(3-5)7(10)11;;;/h2*1-3,9H,4H2,(H,10,11);2*1H;1H2. The van der Waals surface area contributed by atoms with Crippen LogP contribution in [-0.2, 0) is 13.2 Å². The first kappa shape index (κ1) is 27.5. The molecule has 0 amide bonds. The SMILES string of the molecule is O.O=C(O)c1cc(CO)cc[nH+]1.O=C(O)c1cc(CO)cc[nH+]1.[Cl-].[Cl-]. The molecule has 0 saturated heterocycles. The topological polar surface area (TPSA) is 175 Å². The molecule has 2 heterocycles. The molecule has 0 spiro atoms. The van der Waals surface area contributed by atoms with Gasteiger partial charge in [-0.1, -0.05) is 0 Å². The van der Waals surface area contributed by atoms with Crippen LogP contribution in [0.15, 0.2) is 36.7 Å². The third-order valence-corrected chi connectivity index (χ3v) is 2.56. The number of carbonyl (C=O) groups is 2. The van der Waals surface area contributed by atoms with Crippen molar-refractivity contribution in [2.24, 2.45) is 0 Å². The molecule has 140 valence electrons. The Morgan fingerprint density at radius 2 is 1.12 bits per heavy atom. The molecule has 0 aromatic carbocycles. The fourth-order valence-corrected chi connectivity index (χ4v) is 1.47. The molecule has 0 unspecified atom stereocenters. The maximum absolute atomic E-state index is 10.4. The Bertz CT molecular complexity index is 614. The van der Waals surface area contributed by atoms with Gasteiger partial charge in [-0.05, 0) is 11.1 Å². The molecule has 25 heavy (non-hydrogen) atoms. The number of aromatic carboxylic acids is 2. The van der Waals surface area contributed by atoms with Gasteiger partial charge in [-0.15, -0.1) is 0 Å². The summed E-state index contributed by atoms with van der Waals surface area (Å²) in [5.74, 6) is -2.05. The monoisotopic (exact) mass is 396 g/mol. The number of pyridine rings is 2. The number of halogens is 2. The highest BCUT2D eigenvalue weighted by molar-refractivity contribution is 5.84. The number of hydrogen-bond donors (Lipinski definition) is 4. The van der Waals surface area contributed by atoms with E-state index in [2.05, 4.69) is 9.97 Å². The second-order valence-corrected chi connectivity index (χ2v) is 4.15.